The van der Waals surface area contributed by atoms with E-state index in [1.54, 1.807) is 19.1 Å². The first-order valence-electron chi connectivity index (χ1n) is 7.72. The number of amides is 1. The quantitative estimate of drug-likeness (QED) is 0.636. The topological polar surface area (TPSA) is 102 Å². The van der Waals surface area contributed by atoms with E-state index in [1.165, 1.54) is 6.07 Å². The predicted molar refractivity (Wildman–Crippen MR) is 96.5 cm³/mol. The highest BCUT2D eigenvalue weighted by Crippen LogP contribution is 2.29. The molecule has 0 aliphatic carbocycles. The number of nitrogens with one attached hydrogen (secondary N) is 1. The number of halogens is 1. The summed E-state index contributed by atoms with van der Waals surface area (Å²) in [6.07, 6.45) is 0.838. The van der Waals surface area contributed by atoms with E-state index in [0.29, 0.717) is 5.56 Å². The first kappa shape index (κ1) is 20.3. The number of hydrogen-bond acceptors (Lipinski definition) is 5. The van der Waals surface area contributed by atoms with E-state index >= 15 is 0 Å². The zero-order chi connectivity index (χ0) is 17.2. The summed E-state index contributed by atoms with van der Waals surface area (Å²) in [7, 11) is 0. The average molecular weight is 357 g/mol. The molecule has 2 rings (SSSR count). The summed E-state index contributed by atoms with van der Waals surface area (Å²) in [6, 6.07) is 4.87. The third kappa shape index (κ3) is 4.66. The molecule has 1 aromatic carbocycles. The molecular formula is C16H25ClN4O3. The van der Waals surface area contributed by atoms with Crippen LogP contribution in [0.3, 0.4) is 0 Å². The van der Waals surface area contributed by atoms with Crippen LogP contribution in [0.2, 0.25) is 0 Å². The second-order valence-electron chi connectivity index (χ2n) is 6.87. The highest BCUT2D eigenvalue weighted by Gasteiger charge is 2.34. The van der Waals surface area contributed by atoms with Gasteiger partial charge in [-0.3, -0.25) is 19.8 Å². The van der Waals surface area contributed by atoms with Crippen LogP contribution in [0.4, 0.5) is 11.4 Å². The molecule has 7 nitrogen and oxygen atoms in total. The van der Waals surface area contributed by atoms with Gasteiger partial charge in [0.25, 0.3) is 5.69 Å². The average Bonchev–Trinajstić information content (AvgIpc) is 2.44. The number of nitrogens with zero attached hydrogens (tertiary/aromatic N) is 2. The Balaban J connectivity index is 0.00000288. The van der Waals surface area contributed by atoms with Crippen LogP contribution in [0, 0.1) is 22.5 Å². The molecule has 1 saturated heterocycles. The Kier molecular flexibility index (Phi) is 6.71. The Bertz CT molecular complexity index is 621. The number of hydrogen-bond donors (Lipinski definition) is 2. The van der Waals surface area contributed by atoms with Gasteiger partial charge in [-0.1, -0.05) is 26.0 Å². The number of nitrogens with two attached hydrogens (primary N) is 1. The van der Waals surface area contributed by atoms with Crippen molar-refractivity contribution < 1.29 is 9.72 Å². The van der Waals surface area contributed by atoms with Gasteiger partial charge in [0, 0.05) is 25.2 Å². The molecule has 3 N–H and O–H groups in total. The van der Waals surface area contributed by atoms with Crippen LogP contribution >= 0.6 is 12.4 Å². The number of carbonyl (C=O) groups excluding carboxylic acids is 1. The predicted octanol–water partition coefficient (Wildman–Crippen LogP) is 2.32. The lowest BCUT2D eigenvalue weighted by molar-refractivity contribution is -0.384. The molecule has 1 unspecified atom stereocenters. The van der Waals surface area contributed by atoms with Gasteiger partial charge in [0.2, 0.25) is 5.91 Å². The summed E-state index contributed by atoms with van der Waals surface area (Å²) in [5, 5.41) is 13.8. The lowest BCUT2D eigenvalue weighted by atomic mass is 9.80. The van der Waals surface area contributed by atoms with Gasteiger partial charge < -0.3 is 11.1 Å². The molecule has 1 aliphatic rings. The van der Waals surface area contributed by atoms with Gasteiger partial charge >= 0.3 is 0 Å². The van der Waals surface area contributed by atoms with Crippen molar-refractivity contribution in [3.05, 3.63) is 33.9 Å². The Morgan fingerprint density at radius 1 is 1.50 bits per heavy atom. The molecule has 8 heteroatoms. The van der Waals surface area contributed by atoms with Crippen LogP contribution in [-0.4, -0.2) is 41.4 Å². The third-order valence-corrected chi connectivity index (χ3v) is 4.47. The number of carbonyl (C=O) groups is 1. The summed E-state index contributed by atoms with van der Waals surface area (Å²) in [6.45, 7) is 7.63. The Hall–Kier alpha value is -1.70. The second-order valence-corrected chi connectivity index (χ2v) is 6.87. The second kappa shape index (κ2) is 7.92. The van der Waals surface area contributed by atoms with Crippen molar-refractivity contribution in [2.45, 2.75) is 33.2 Å². The molecule has 0 bridgehead atoms. The van der Waals surface area contributed by atoms with Crippen molar-refractivity contribution in [1.29, 1.82) is 0 Å². The summed E-state index contributed by atoms with van der Waals surface area (Å²) in [5.41, 5.74) is 6.92. The highest BCUT2D eigenvalue weighted by molar-refractivity contribution is 5.95. The number of rotatable bonds is 4. The molecule has 1 heterocycles. The summed E-state index contributed by atoms with van der Waals surface area (Å²) < 4.78 is 0. The molecule has 1 aliphatic heterocycles. The van der Waals surface area contributed by atoms with Crippen molar-refractivity contribution in [2.24, 2.45) is 11.1 Å². The third-order valence-electron chi connectivity index (χ3n) is 4.47. The zero-order valence-corrected chi connectivity index (χ0v) is 15.1. The Morgan fingerprint density at radius 2 is 2.17 bits per heavy atom. The molecule has 24 heavy (non-hydrogen) atoms. The van der Waals surface area contributed by atoms with E-state index < -0.39 is 4.92 Å². The van der Waals surface area contributed by atoms with Gasteiger partial charge in [-0.05, 0) is 24.3 Å². The van der Waals surface area contributed by atoms with E-state index in [4.69, 9.17) is 5.73 Å². The molecule has 0 radical (unpaired) electrons. The normalized spacial score (nSPS) is 20.1. The van der Waals surface area contributed by atoms with Crippen molar-refractivity contribution in [3.63, 3.8) is 0 Å². The lowest BCUT2D eigenvalue weighted by Gasteiger charge is -2.42. The lowest BCUT2D eigenvalue weighted by Crippen LogP contribution is -2.53. The maximum atomic E-state index is 12.3. The fourth-order valence-electron chi connectivity index (χ4n) is 2.97. The molecular weight excluding hydrogens is 332 g/mol. The van der Waals surface area contributed by atoms with Gasteiger partial charge in [-0.2, -0.15) is 0 Å². The number of nitro benzene ring substituents is 1. The molecule has 0 spiro atoms. The van der Waals surface area contributed by atoms with Crippen LogP contribution in [0.5, 0.6) is 0 Å². The first-order chi connectivity index (χ1) is 10.7. The SMILES string of the molecule is Cc1cccc([N+](=O)[O-])c1NC(=O)CN1CCC(N)C(C)(C)C1.Cl. The van der Waals surface area contributed by atoms with Crippen molar-refractivity contribution >= 4 is 29.7 Å². The molecule has 1 atom stereocenters. The number of anilines is 1. The van der Waals surface area contributed by atoms with Crippen LogP contribution in [0.1, 0.15) is 25.8 Å². The monoisotopic (exact) mass is 356 g/mol. The molecule has 1 fully saturated rings. The number of likely N-dealkylation sites (tertiary alicyclic amines) is 1. The summed E-state index contributed by atoms with van der Waals surface area (Å²) in [4.78, 5) is 25.0. The van der Waals surface area contributed by atoms with Crippen LogP contribution in [0.25, 0.3) is 0 Å². The van der Waals surface area contributed by atoms with E-state index in [-0.39, 0.29) is 47.7 Å². The maximum absolute atomic E-state index is 12.3. The number of benzene rings is 1. The van der Waals surface area contributed by atoms with E-state index in [1.807, 2.05) is 4.90 Å². The number of piperidine rings is 1. The standard InChI is InChI=1S/C16H24N4O3.ClH/c1-11-5-4-6-12(20(22)23)15(11)18-14(21)9-19-8-7-13(17)16(2,3)10-19;/h4-6,13H,7-10,17H2,1-3H3,(H,18,21);1H. The highest BCUT2D eigenvalue weighted by atomic mass is 35.5. The molecule has 0 saturated carbocycles. The summed E-state index contributed by atoms with van der Waals surface area (Å²) in [5.74, 6) is -0.242. The minimum absolute atomic E-state index is 0. The van der Waals surface area contributed by atoms with Crippen molar-refractivity contribution in [3.8, 4) is 0 Å². The molecule has 1 amide bonds. The molecule has 134 valence electrons. The van der Waals surface area contributed by atoms with Gasteiger partial charge in [-0.25, -0.2) is 0 Å². The maximum Gasteiger partial charge on any atom is 0.293 e. The van der Waals surface area contributed by atoms with Crippen molar-refractivity contribution in [1.82, 2.24) is 4.90 Å². The molecule has 1 aromatic rings. The molecule has 0 aromatic heterocycles. The Labute approximate surface area is 148 Å². The largest absolute Gasteiger partial charge is 0.327 e. The first-order valence-corrected chi connectivity index (χ1v) is 7.72. The van der Waals surface area contributed by atoms with Gasteiger partial charge in [0.15, 0.2) is 0 Å². The minimum Gasteiger partial charge on any atom is -0.327 e. The van der Waals surface area contributed by atoms with Gasteiger partial charge in [-0.15, -0.1) is 12.4 Å². The van der Waals surface area contributed by atoms with Crippen molar-refractivity contribution in [2.75, 3.05) is 25.0 Å². The van der Waals surface area contributed by atoms with Gasteiger partial charge in [0.1, 0.15) is 5.69 Å². The van der Waals surface area contributed by atoms with Crippen LogP contribution in [0.15, 0.2) is 18.2 Å². The fourth-order valence-corrected chi connectivity index (χ4v) is 2.97. The van der Waals surface area contributed by atoms with Crippen LogP contribution in [-0.2, 0) is 4.79 Å². The fraction of sp³-hybridized carbons (Fsp3) is 0.562. The van der Waals surface area contributed by atoms with Gasteiger partial charge in [0.05, 0.1) is 11.5 Å². The number of nitro groups is 1. The Morgan fingerprint density at radius 3 is 2.75 bits per heavy atom. The van der Waals surface area contributed by atoms with E-state index in [9.17, 15) is 14.9 Å². The van der Waals surface area contributed by atoms with Crippen LogP contribution < -0.4 is 11.1 Å². The van der Waals surface area contributed by atoms with E-state index in [2.05, 4.69) is 19.2 Å². The number of para-hydroxylation sites is 1. The number of aryl methyl sites for hydroxylation is 1. The summed E-state index contributed by atoms with van der Waals surface area (Å²) >= 11 is 0. The van der Waals surface area contributed by atoms with E-state index in [0.717, 1.165) is 19.5 Å². The smallest absolute Gasteiger partial charge is 0.293 e. The zero-order valence-electron chi connectivity index (χ0n) is 14.2. The minimum atomic E-state index is -0.481.